The summed E-state index contributed by atoms with van der Waals surface area (Å²) in [6.07, 6.45) is 14.3. The Morgan fingerprint density at radius 2 is 1.73 bits per heavy atom. The highest BCUT2D eigenvalue weighted by molar-refractivity contribution is 5.99. The van der Waals surface area contributed by atoms with Crippen molar-refractivity contribution in [2.45, 2.75) is 45.4 Å². The molecule has 3 aliphatic rings. The fourth-order valence-electron chi connectivity index (χ4n) is 4.64. The first-order chi connectivity index (χ1) is 12.5. The summed E-state index contributed by atoms with van der Waals surface area (Å²) in [5.74, 6) is 0.432. The number of carbonyl (C=O) groups is 2. The SMILES string of the molecule is CC1(C(=O)N2CCC3(CC2)CCN(c2cncnc2)C3=O)CC=CCC1. The van der Waals surface area contributed by atoms with Gasteiger partial charge in [0, 0.05) is 19.6 Å². The lowest BCUT2D eigenvalue weighted by Crippen LogP contribution is -2.50. The van der Waals surface area contributed by atoms with Crippen molar-refractivity contribution in [1.29, 1.82) is 0 Å². The van der Waals surface area contributed by atoms with Gasteiger partial charge in [-0.1, -0.05) is 19.1 Å². The molecule has 2 fully saturated rings. The van der Waals surface area contributed by atoms with Gasteiger partial charge in [0.1, 0.15) is 6.33 Å². The second kappa shape index (κ2) is 6.49. The van der Waals surface area contributed by atoms with E-state index in [9.17, 15) is 9.59 Å². The third kappa shape index (κ3) is 2.81. The van der Waals surface area contributed by atoms with Gasteiger partial charge in [0.05, 0.1) is 28.9 Å². The van der Waals surface area contributed by atoms with Crippen molar-refractivity contribution in [3.63, 3.8) is 0 Å². The Hall–Kier alpha value is -2.24. The molecule has 2 aliphatic heterocycles. The molecule has 6 heteroatoms. The molecule has 1 atom stereocenters. The second-order valence-corrected chi connectivity index (χ2v) is 8.15. The Morgan fingerprint density at radius 3 is 2.38 bits per heavy atom. The maximum Gasteiger partial charge on any atom is 0.233 e. The van der Waals surface area contributed by atoms with E-state index in [-0.39, 0.29) is 22.6 Å². The highest BCUT2D eigenvalue weighted by atomic mass is 16.2. The topological polar surface area (TPSA) is 66.4 Å². The molecular weight excluding hydrogens is 328 g/mol. The summed E-state index contributed by atoms with van der Waals surface area (Å²) >= 11 is 0. The van der Waals surface area contributed by atoms with Gasteiger partial charge in [-0.05, 0) is 38.5 Å². The van der Waals surface area contributed by atoms with Crippen LogP contribution < -0.4 is 4.90 Å². The second-order valence-electron chi connectivity index (χ2n) is 8.15. The molecule has 0 bridgehead atoms. The van der Waals surface area contributed by atoms with Crippen molar-refractivity contribution in [1.82, 2.24) is 14.9 Å². The standard InChI is InChI=1S/C20H26N4O2/c1-19(5-3-2-4-6-19)17(25)23-10-7-20(8-11-23)9-12-24(18(20)26)16-13-21-15-22-14-16/h2-3,13-15H,4-12H2,1H3. The van der Waals surface area contributed by atoms with Crippen LogP contribution in [-0.2, 0) is 9.59 Å². The van der Waals surface area contributed by atoms with Crippen molar-refractivity contribution >= 4 is 17.5 Å². The quantitative estimate of drug-likeness (QED) is 0.766. The first-order valence-corrected chi connectivity index (χ1v) is 9.56. The van der Waals surface area contributed by atoms with E-state index < -0.39 is 0 Å². The average molecular weight is 354 g/mol. The molecule has 0 radical (unpaired) electrons. The van der Waals surface area contributed by atoms with E-state index in [0.717, 1.165) is 44.2 Å². The van der Waals surface area contributed by atoms with Crippen LogP contribution in [0, 0.1) is 10.8 Å². The molecule has 0 N–H and O–H groups in total. The zero-order valence-corrected chi connectivity index (χ0v) is 15.4. The van der Waals surface area contributed by atoms with Crippen LogP contribution in [-0.4, -0.2) is 46.3 Å². The normalized spacial score (nSPS) is 28.0. The van der Waals surface area contributed by atoms with E-state index in [1.165, 1.54) is 6.33 Å². The molecule has 6 nitrogen and oxygen atoms in total. The van der Waals surface area contributed by atoms with Crippen LogP contribution in [0.2, 0.25) is 0 Å². The summed E-state index contributed by atoms with van der Waals surface area (Å²) in [5, 5.41) is 0. The maximum atomic E-state index is 13.1. The molecule has 3 heterocycles. The van der Waals surface area contributed by atoms with Gasteiger partial charge in [-0.25, -0.2) is 9.97 Å². The molecular formula is C20H26N4O2. The number of allylic oxidation sites excluding steroid dienone is 2. The molecule has 2 saturated heterocycles. The van der Waals surface area contributed by atoms with Gasteiger partial charge in [0.25, 0.3) is 0 Å². The lowest BCUT2D eigenvalue weighted by molar-refractivity contribution is -0.146. The number of hydrogen-bond acceptors (Lipinski definition) is 4. The molecule has 1 aromatic rings. The Balaban J connectivity index is 1.43. The lowest BCUT2D eigenvalue weighted by atomic mass is 9.74. The molecule has 1 aromatic heterocycles. The van der Waals surface area contributed by atoms with Crippen LogP contribution in [0.3, 0.4) is 0 Å². The molecule has 1 spiro atoms. The van der Waals surface area contributed by atoms with Crippen molar-refractivity contribution in [3.8, 4) is 0 Å². The molecule has 0 aromatic carbocycles. The van der Waals surface area contributed by atoms with Crippen molar-refractivity contribution in [2.75, 3.05) is 24.5 Å². The molecule has 26 heavy (non-hydrogen) atoms. The van der Waals surface area contributed by atoms with E-state index in [0.29, 0.717) is 19.6 Å². The number of hydrogen-bond donors (Lipinski definition) is 0. The summed E-state index contributed by atoms with van der Waals surface area (Å²) in [6, 6.07) is 0. The zero-order chi connectivity index (χ0) is 18.2. The number of rotatable bonds is 2. The van der Waals surface area contributed by atoms with Crippen LogP contribution in [0.15, 0.2) is 30.9 Å². The van der Waals surface area contributed by atoms with Crippen molar-refractivity contribution in [2.24, 2.45) is 10.8 Å². The Bertz CT molecular complexity index is 725. The predicted octanol–water partition coefficient (Wildman–Crippen LogP) is 2.57. The van der Waals surface area contributed by atoms with E-state index in [2.05, 4.69) is 29.0 Å². The van der Waals surface area contributed by atoms with Crippen LogP contribution in [0.25, 0.3) is 0 Å². The number of aromatic nitrogens is 2. The first kappa shape index (κ1) is 17.2. The fraction of sp³-hybridized carbons (Fsp3) is 0.600. The molecule has 0 saturated carbocycles. The van der Waals surface area contributed by atoms with Crippen molar-refractivity contribution in [3.05, 3.63) is 30.9 Å². The van der Waals surface area contributed by atoms with Crippen LogP contribution >= 0.6 is 0 Å². The lowest BCUT2D eigenvalue weighted by Gasteiger charge is -2.42. The summed E-state index contributed by atoms with van der Waals surface area (Å²) in [7, 11) is 0. The third-order valence-electron chi connectivity index (χ3n) is 6.49. The highest BCUT2D eigenvalue weighted by Crippen LogP contribution is 2.44. The summed E-state index contributed by atoms with van der Waals surface area (Å²) in [4.78, 5) is 38.0. The first-order valence-electron chi connectivity index (χ1n) is 9.56. The minimum Gasteiger partial charge on any atom is -0.342 e. The monoisotopic (exact) mass is 354 g/mol. The largest absolute Gasteiger partial charge is 0.342 e. The maximum absolute atomic E-state index is 13.1. The van der Waals surface area contributed by atoms with E-state index in [1.807, 2.05) is 9.80 Å². The Morgan fingerprint density at radius 1 is 1.04 bits per heavy atom. The van der Waals surface area contributed by atoms with Gasteiger partial charge >= 0.3 is 0 Å². The smallest absolute Gasteiger partial charge is 0.233 e. The minimum absolute atomic E-state index is 0.172. The minimum atomic E-state index is -0.319. The number of carbonyl (C=O) groups excluding carboxylic acids is 2. The van der Waals surface area contributed by atoms with E-state index in [4.69, 9.17) is 0 Å². The van der Waals surface area contributed by atoms with Gasteiger partial charge in [-0.2, -0.15) is 0 Å². The van der Waals surface area contributed by atoms with Crippen LogP contribution in [0.4, 0.5) is 5.69 Å². The fourth-order valence-corrected chi connectivity index (χ4v) is 4.64. The van der Waals surface area contributed by atoms with E-state index >= 15 is 0 Å². The highest BCUT2D eigenvalue weighted by Gasteiger charge is 2.50. The van der Waals surface area contributed by atoms with Gasteiger partial charge in [0.2, 0.25) is 11.8 Å². The summed E-state index contributed by atoms with van der Waals surface area (Å²) in [6.45, 7) is 4.16. The molecule has 4 rings (SSSR count). The molecule has 1 aliphatic carbocycles. The third-order valence-corrected chi connectivity index (χ3v) is 6.49. The Kier molecular flexibility index (Phi) is 4.29. The van der Waals surface area contributed by atoms with Gasteiger partial charge in [0.15, 0.2) is 0 Å². The van der Waals surface area contributed by atoms with Crippen LogP contribution in [0.1, 0.15) is 45.4 Å². The van der Waals surface area contributed by atoms with Gasteiger partial charge in [-0.3, -0.25) is 9.59 Å². The number of likely N-dealkylation sites (tertiary alicyclic amines) is 1. The Labute approximate surface area is 154 Å². The molecule has 2 amide bonds. The van der Waals surface area contributed by atoms with Gasteiger partial charge in [-0.15, -0.1) is 0 Å². The average Bonchev–Trinajstić information content (AvgIpc) is 2.99. The molecule has 138 valence electrons. The summed E-state index contributed by atoms with van der Waals surface area (Å²) in [5.41, 5.74) is 0.182. The summed E-state index contributed by atoms with van der Waals surface area (Å²) < 4.78 is 0. The number of amides is 2. The van der Waals surface area contributed by atoms with Crippen LogP contribution in [0.5, 0.6) is 0 Å². The van der Waals surface area contributed by atoms with Gasteiger partial charge < -0.3 is 9.80 Å². The van der Waals surface area contributed by atoms with E-state index in [1.54, 1.807) is 12.4 Å². The number of nitrogens with zero attached hydrogens (tertiary/aromatic N) is 4. The van der Waals surface area contributed by atoms with Crippen molar-refractivity contribution < 1.29 is 9.59 Å². The zero-order valence-electron chi connectivity index (χ0n) is 15.4. The number of anilines is 1. The number of piperidine rings is 1. The predicted molar refractivity (Wildman–Crippen MR) is 98.3 cm³/mol. The molecule has 1 unspecified atom stereocenters.